The second-order valence-electron chi connectivity index (χ2n) is 6.25. The van der Waals surface area contributed by atoms with E-state index in [1.807, 2.05) is 6.92 Å². The molecule has 5 nitrogen and oxygen atoms in total. The average molecular weight is 279 g/mol. The molecule has 1 heterocycles. The number of carbonyl (C=O) groups is 1. The Morgan fingerprint density at radius 1 is 1.50 bits per heavy atom. The topological polar surface area (TPSA) is 76.4 Å². The summed E-state index contributed by atoms with van der Waals surface area (Å²) in [5.74, 6) is 0.233. The summed E-state index contributed by atoms with van der Waals surface area (Å²) in [5, 5.41) is 21.6. The minimum atomic E-state index is -0.653. The van der Waals surface area contributed by atoms with Crippen LogP contribution >= 0.6 is 0 Å². The molecule has 20 heavy (non-hydrogen) atoms. The maximum absolute atomic E-state index is 12.4. The molecule has 0 aromatic carbocycles. The number of nitrogens with zero attached hydrogens (tertiary/aromatic N) is 2. The predicted octanol–water partition coefficient (Wildman–Crippen LogP) is 1.03. The normalized spacial score (nSPS) is 27.8. The van der Waals surface area contributed by atoms with Crippen LogP contribution in [0.4, 0.5) is 0 Å². The standard InChI is InChI=1S/C15H25N3O2/c1-12(18-8-5-13(9-18)10-19)14(20)17-15(11-16)6-3-2-4-7-15/h12-13,19H,2-10H2,1H3,(H,17,20). The van der Waals surface area contributed by atoms with E-state index < -0.39 is 5.54 Å². The largest absolute Gasteiger partial charge is 0.396 e. The highest BCUT2D eigenvalue weighted by Gasteiger charge is 2.37. The zero-order valence-corrected chi connectivity index (χ0v) is 12.3. The molecule has 1 aliphatic carbocycles. The molecule has 0 aromatic heterocycles. The van der Waals surface area contributed by atoms with Crippen molar-refractivity contribution in [2.24, 2.45) is 5.92 Å². The van der Waals surface area contributed by atoms with Gasteiger partial charge in [-0.2, -0.15) is 5.26 Å². The third-order valence-corrected chi connectivity index (χ3v) is 4.79. The van der Waals surface area contributed by atoms with Crippen molar-refractivity contribution in [1.82, 2.24) is 10.2 Å². The highest BCUT2D eigenvalue weighted by Crippen LogP contribution is 2.28. The SMILES string of the molecule is CC(C(=O)NC1(C#N)CCCCC1)N1CCC(CO)C1. The summed E-state index contributed by atoms with van der Waals surface area (Å²) in [6.07, 6.45) is 5.65. The van der Waals surface area contributed by atoms with Crippen molar-refractivity contribution in [3.63, 3.8) is 0 Å². The van der Waals surface area contributed by atoms with Gasteiger partial charge in [-0.1, -0.05) is 19.3 Å². The van der Waals surface area contributed by atoms with E-state index in [-0.39, 0.29) is 24.5 Å². The first-order valence-electron chi connectivity index (χ1n) is 7.68. The van der Waals surface area contributed by atoms with E-state index in [1.165, 1.54) is 0 Å². The molecule has 2 N–H and O–H groups in total. The van der Waals surface area contributed by atoms with Crippen LogP contribution < -0.4 is 5.32 Å². The Kier molecular flexibility index (Phi) is 5.00. The van der Waals surface area contributed by atoms with Crippen molar-refractivity contribution in [1.29, 1.82) is 5.26 Å². The van der Waals surface area contributed by atoms with Crippen molar-refractivity contribution in [2.75, 3.05) is 19.7 Å². The molecule has 0 radical (unpaired) electrons. The fourth-order valence-electron chi connectivity index (χ4n) is 3.29. The third kappa shape index (κ3) is 3.31. The van der Waals surface area contributed by atoms with Gasteiger partial charge in [0.1, 0.15) is 5.54 Å². The Morgan fingerprint density at radius 2 is 2.20 bits per heavy atom. The van der Waals surface area contributed by atoms with Crippen LogP contribution in [0.25, 0.3) is 0 Å². The first-order valence-corrected chi connectivity index (χ1v) is 7.68. The molecular weight excluding hydrogens is 254 g/mol. The lowest BCUT2D eigenvalue weighted by molar-refractivity contribution is -0.127. The smallest absolute Gasteiger partial charge is 0.238 e. The monoisotopic (exact) mass is 279 g/mol. The van der Waals surface area contributed by atoms with Gasteiger partial charge in [0, 0.05) is 13.2 Å². The van der Waals surface area contributed by atoms with Crippen molar-refractivity contribution in [3.8, 4) is 6.07 Å². The summed E-state index contributed by atoms with van der Waals surface area (Å²) >= 11 is 0. The number of carbonyl (C=O) groups excluding carboxylic acids is 1. The van der Waals surface area contributed by atoms with Crippen molar-refractivity contribution in [3.05, 3.63) is 0 Å². The molecule has 1 amide bonds. The average Bonchev–Trinajstić information content (AvgIpc) is 2.96. The van der Waals surface area contributed by atoms with Gasteiger partial charge in [0.2, 0.25) is 5.91 Å². The van der Waals surface area contributed by atoms with Crippen molar-refractivity contribution < 1.29 is 9.90 Å². The lowest BCUT2D eigenvalue weighted by atomic mass is 9.82. The fourth-order valence-corrected chi connectivity index (χ4v) is 3.29. The molecule has 0 bridgehead atoms. The number of rotatable bonds is 4. The van der Waals surface area contributed by atoms with Crippen molar-refractivity contribution in [2.45, 2.75) is 57.0 Å². The Morgan fingerprint density at radius 3 is 2.75 bits per heavy atom. The van der Waals surface area contributed by atoms with Gasteiger partial charge in [0.05, 0.1) is 12.1 Å². The van der Waals surface area contributed by atoms with Gasteiger partial charge < -0.3 is 10.4 Å². The molecule has 2 atom stereocenters. The van der Waals surface area contributed by atoms with E-state index in [9.17, 15) is 15.2 Å². The first kappa shape index (κ1) is 15.3. The van der Waals surface area contributed by atoms with Crippen LogP contribution in [0.3, 0.4) is 0 Å². The molecule has 5 heteroatoms. The van der Waals surface area contributed by atoms with E-state index in [4.69, 9.17) is 0 Å². The maximum Gasteiger partial charge on any atom is 0.238 e. The molecule has 112 valence electrons. The lowest BCUT2D eigenvalue weighted by Gasteiger charge is -2.34. The Labute approximate surface area is 120 Å². The quantitative estimate of drug-likeness (QED) is 0.806. The van der Waals surface area contributed by atoms with Gasteiger partial charge in [-0.25, -0.2) is 0 Å². The summed E-state index contributed by atoms with van der Waals surface area (Å²) in [5.41, 5.74) is -0.653. The summed E-state index contributed by atoms with van der Waals surface area (Å²) in [6, 6.07) is 2.10. The molecular formula is C15H25N3O2. The molecule has 1 aliphatic heterocycles. The second-order valence-corrected chi connectivity index (χ2v) is 6.25. The zero-order valence-electron chi connectivity index (χ0n) is 12.3. The van der Waals surface area contributed by atoms with Crippen molar-refractivity contribution >= 4 is 5.91 Å². The number of likely N-dealkylation sites (tertiary alicyclic amines) is 1. The Hall–Kier alpha value is -1.12. The maximum atomic E-state index is 12.4. The summed E-state index contributed by atoms with van der Waals surface area (Å²) in [6.45, 7) is 3.69. The Balaban J connectivity index is 1.92. The van der Waals surface area contributed by atoms with Crippen LogP contribution in [0.1, 0.15) is 45.4 Å². The highest BCUT2D eigenvalue weighted by molar-refractivity contribution is 5.82. The number of hydrogen-bond acceptors (Lipinski definition) is 4. The zero-order chi connectivity index (χ0) is 14.6. The van der Waals surface area contributed by atoms with Gasteiger partial charge in [0.15, 0.2) is 0 Å². The van der Waals surface area contributed by atoms with Gasteiger partial charge in [-0.15, -0.1) is 0 Å². The third-order valence-electron chi connectivity index (χ3n) is 4.79. The van der Waals surface area contributed by atoms with Gasteiger partial charge in [-0.3, -0.25) is 9.69 Å². The fraction of sp³-hybridized carbons (Fsp3) is 0.867. The molecule has 0 aromatic rings. The van der Waals surface area contributed by atoms with Crippen LogP contribution in [0.5, 0.6) is 0 Å². The van der Waals surface area contributed by atoms with E-state index in [1.54, 1.807) is 0 Å². The molecule has 2 fully saturated rings. The first-order chi connectivity index (χ1) is 9.60. The number of hydrogen-bond donors (Lipinski definition) is 2. The van der Waals surface area contributed by atoms with Crippen LogP contribution in [-0.2, 0) is 4.79 Å². The van der Waals surface area contributed by atoms with E-state index >= 15 is 0 Å². The van der Waals surface area contributed by atoms with Gasteiger partial charge >= 0.3 is 0 Å². The van der Waals surface area contributed by atoms with E-state index in [0.29, 0.717) is 0 Å². The summed E-state index contributed by atoms with van der Waals surface area (Å²) in [4.78, 5) is 14.5. The minimum absolute atomic E-state index is 0.0490. The number of amides is 1. The second kappa shape index (κ2) is 6.55. The molecule has 1 saturated heterocycles. The number of nitriles is 1. The van der Waals surface area contributed by atoms with Crippen LogP contribution in [0.2, 0.25) is 0 Å². The number of nitrogens with one attached hydrogen (secondary N) is 1. The lowest BCUT2D eigenvalue weighted by Crippen LogP contribution is -2.54. The number of aliphatic hydroxyl groups is 1. The minimum Gasteiger partial charge on any atom is -0.396 e. The summed E-state index contributed by atoms with van der Waals surface area (Å²) < 4.78 is 0. The molecule has 2 rings (SSSR count). The molecule has 0 spiro atoms. The summed E-state index contributed by atoms with van der Waals surface area (Å²) in [7, 11) is 0. The Bertz CT molecular complexity index is 385. The number of aliphatic hydroxyl groups excluding tert-OH is 1. The van der Waals surface area contributed by atoms with Crippen LogP contribution in [0, 0.1) is 17.2 Å². The highest BCUT2D eigenvalue weighted by atomic mass is 16.3. The van der Waals surface area contributed by atoms with Gasteiger partial charge in [-0.05, 0) is 38.6 Å². The molecule has 2 unspecified atom stereocenters. The van der Waals surface area contributed by atoms with Crippen LogP contribution in [0.15, 0.2) is 0 Å². The molecule has 2 aliphatic rings. The van der Waals surface area contributed by atoms with Crippen LogP contribution in [-0.4, -0.2) is 47.2 Å². The van der Waals surface area contributed by atoms with E-state index in [0.717, 1.165) is 51.6 Å². The van der Waals surface area contributed by atoms with Gasteiger partial charge in [0.25, 0.3) is 0 Å². The van der Waals surface area contributed by atoms with E-state index in [2.05, 4.69) is 16.3 Å². The predicted molar refractivity (Wildman–Crippen MR) is 75.8 cm³/mol. The molecule has 1 saturated carbocycles.